The van der Waals surface area contributed by atoms with E-state index in [0.29, 0.717) is 38.9 Å². The number of ether oxygens (including phenoxy) is 3. The number of halogens is 2. The number of Topliss-reactive ketones (excluding diaryl/α,β-unsaturated/α-hetero) is 1. The van der Waals surface area contributed by atoms with Crippen LogP contribution in [0.3, 0.4) is 0 Å². The summed E-state index contributed by atoms with van der Waals surface area (Å²) in [6.07, 6.45) is -0.170. The molecule has 21 heavy (non-hydrogen) atoms. The molecule has 0 aliphatic rings. The van der Waals surface area contributed by atoms with Gasteiger partial charge in [-0.25, -0.2) is 8.78 Å². The van der Waals surface area contributed by atoms with E-state index in [9.17, 15) is 13.6 Å². The molecule has 6 heteroatoms. The second kappa shape index (κ2) is 9.55. The Hall–Kier alpha value is -1.37. The molecule has 0 saturated carbocycles. The van der Waals surface area contributed by atoms with Crippen LogP contribution in [0.15, 0.2) is 18.2 Å². The third kappa shape index (κ3) is 6.29. The average Bonchev–Trinajstić information content (AvgIpc) is 2.45. The van der Waals surface area contributed by atoms with Gasteiger partial charge in [0.25, 0.3) is 0 Å². The van der Waals surface area contributed by atoms with E-state index in [2.05, 4.69) is 0 Å². The molecule has 1 aromatic rings. The Morgan fingerprint density at radius 2 is 1.95 bits per heavy atom. The first-order valence-electron chi connectivity index (χ1n) is 6.73. The van der Waals surface area contributed by atoms with Gasteiger partial charge in [-0.15, -0.1) is 0 Å². The lowest BCUT2D eigenvalue weighted by atomic mass is 10.1. The van der Waals surface area contributed by atoms with Crippen molar-refractivity contribution in [3.8, 4) is 0 Å². The van der Waals surface area contributed by atoms with E-state index >= 15 is 0 Å². The Morgan fingerprint density at radius 1 is 1.19 bits per heavy atom. The summed E-state index contributed by atoms with van der Waals surface area (Å²) in [5, 5.41) is 0. The summed E-state index contributed by atoms with van der Waals surface area (Å²) < 4.78 is 41.7. The molecule has 0 saturated heterocycles. The molecule has 0 radical (unpaired) electrons. The molecule has 0 amide bonds. The molecule has 1 rings (SSSR count). The van der Waals surface area contributed by atoms with Crippen LogP contribution < -0.4 is 0 Å². The first-order valence-corrected chi connectivity index (χ1v) is 6.73. The normalized spacial score (nSPS) is 12.4. The molecule has 0 aromatic heterocycles. The first-order chi connectivity index (χ1) is 10.1. The third-order valence-corrected chi connectivity index (χ3v) is 2.80. The van der Waals surface area contributed by atoms with Gasteiger partial charge in [0.05, 0.1) is 18.8 Å². The van der Waals surface area contributed by atoms with Crippen LogP contribution >= 0.6 is 0 Å². The van der Waals surface area contributed by atoms with E-state index in [1.165, 1.54) is 6.92 Å². The lowest BCUT2D eigenvalue weighted by molar-refractivity contribution is 0.0284. The molecule has 0 spiro atoms. The van der Waals surface area contributed by atoms with Gasteiger partial charge in [0.2, 0.25) is 0 Å². The van der Waals surface area contributed by atoms with Crippen LogP contribution in [0.5, 0.6) is 0 Å². The highest BCUT2D eigenvalue weighted by Crippen LogP contribution is 2.13. The van der Waals surface area contributed by atoms with Crippen LogP contribution in [-0.4, -0.2) is 45.4 Å². The first kappa shape index (κ1) is 17.7. The molecule has 4 nitrogen and oxygen atoms in total. The van der Waals surface area contributed by atoms with E-state index < -0.39 is 23.5 Å². The topological polar surface area (TPSA) is 44.8 Å². The van der Waals surface area contributed by atoms with Gasteiger partial charge in [-0.1, -0.05) is 0 Å². The second-order valence-electron chi connectivity index (χ2n) is 4.46. The van der Waals surface area contributed by atoms with Crippen molar-refractivity contribution < 1.29 is 27.8 Å². The van der Waals surface area contributed by atoms with Gasteiger partial charge < -0.3 is 14.2 Å². The van der Waals surface area contributed by atoms with Crippen LogP contribution in [0, 0.1) is 11.6 Å². The summed E-state index contributed by atoms with van der Waals surface area (Å²) >= 11 is 0. The van der Waals surface area contributed by atoms with Gasteiger partial charge in [0.15, 0.2) is 5.78 Å². The van der Waals surface area contributed by atoms with Crippen LogP contribution in [0.1, 0.15) is 23.7 Å². The Labute approximate surface area is 123 Å². The highest BCUT2D eigenvalue weighted by Gasteiger charge is 2.19. The lowest BCUT2D eigenvalue weighted by Crippen LogP contribution is -2.23. The van der Waals surface area contributed by atoms with Crippen molar-refractivity contribution in [1.29, 1.82) is 0 Å². The summed E-state index contributed by atoms with van der Waals surface area (Å²) in [5.41, 5.74) is -0.166. The summed E-state index contributed by atoms with van der Waals surface area (Å²) in [6, 6.07) is 2.86. The van der Waals surface area contributed by atoms with E-state index in [1.54, 1.807) is 7.11 Å². The minimum atomic E-state index is -0.877. The highest BCUT2D eigenvalue weighted by atomic mass is 19.1. The molecule has 0 heterocycles. The Balaban J connectivity index is 2.31. The SMILES string of the molecule is COCCOCCCOC(C)C(=O)c1ccc(F)cc1F. The van der Waals surface area contributed by atoms with Gasteiger partial charge in [-0.2, -0.15) is 0 Å². The van der Waals surface area contributed by atoms with Gasteiger partial charge in [0.1, 0.15) is 17.7 Å². The van der Waals surface area contributed by atoms with Crippen molar-refractivity contribution in [1.82, 2.24) is 0 Å². The molecule has 0 bridgehead atoms. The van der Waals surface area contributed by atoms with Crippen molar-refractivity contribution in [2.24, 2.45) is 0 Å². The van der Waals surface area contributed by atoms with Crippen LogP contribution in [0.25, 0.3) is 0 Å². The zero-order valence-corrected chi connectivity index (χ0v) is 12.2. The molecule has 0 aliphatic carbocycles. The molecule has 0 N–H and O–H groups in total. The maximum absolute atomic E-state index is 13.5. The molecule has 118 valence electrons. The van der Waals surface area contributed by atoms with Crippen LogP contribution in [-0.2, 0) is 14.2 Å². The van der Waals surface area contributed by atoms with Gasteiger partial charge >= 0.3 is 0 Å². The third-order valence-electron chi connectivity index (χ3n) is 2.80. The van der Waals surface area contributed by atoms with E-state index in [-0.39, 0.29) is 5.56 Å². The van der Waals surface area contributed by atoms with Crippen molar-refractivity contribution in [3.05, 3.63) is 35.4 Å². The summed E-state index contributed by atoms with van der Waals surface area (Å²) in [5.74, 6) is -2.10. The highest BCUT2D eigenvalue weighted by molar-refractivity contribution is 5.99. The fourth-order valence-corrected chi connectivity index (χ4v) is 1.65. The summed E-state index contributed by atoms with van der Waals surface area (Å²) in [7, 11) is 1.59. The number of benzene rings is 1. The molecular formula is C15H20F2O4. The standard InChI is InChI=1S/C15H20F2O4/c1-11(21-7-3-6-20-9-8-19-2)15(18)13-5-4-12(16)10-14(13)17/h4-5,10-11H,3,6-9H2,1-2H3. The fourth-order valence-electron chi connectivity index (χ4n) is 1.65. The van der Waals surface area contributed by atoms with Gasteiger partial charge in [0, 0.05) is 26.4 Å². The predicted molar refractivity (Wildman–Crippen MR) is 73.4 cm³/mol. The Kier molecular flexibility index (Phi) is 8.04. The Morgan fingerprint density at radius 3 is 2.62 bits per heavy atom. The van der Waals surface area contributed by atoms with Crippen molar-refractivity contribution in [3.63, 3.8) is 0 Å². The number of carbonyl (C=O) groups is 1. The monoisotopic (exact) mass is 302 g/mol. The zero-order chi connectivity index (χ0) is 15.7. The molecule has 1 unspecified atom stereocenters. The minimum Gasteiger partial charge on any atom is -0.382 e. The number of rotatable bonds is 10. The fraction of sp³-hybridized carbons (Fsp3) is 0.533. The second-order valence-corrected chi connectivity index (χ2v) is 4.46. The van der Waals surface area contributed by atoms with Crippen molar-refractivity contribution in [2.45, 2.75) is 19.4 Å². The smallest absolute Gasteiger partial charge is 0.194 e. The zero-order valence-electron chi connectivity index (χ0n) is 12.2. The van der Waals surface area contributed by atoms with E-state index in [0.717, 1.165) is 12.1 Å². The summed E-state index contributed by atoms with van der Waals surface area (Å²) in [4.78, 5) is 11.9. The largest absolute Gasteiger partial charge is 0.382 e. The molecule has 0 fully saturated rings. The quantitative estimate of drug-likeness (QED) is 0.492. The number of hydrogen-bond donors (Lipinski definition) is 0. The number of methoxy groups -OCH3 is 1. The number of ketones is 1. The number of carbonyl (C=O) groups excluding carboxylic acids is 1. The molecular weight excluding hydrogens is 282 g/mol. The molecule has 1 atom stereocenters. The molecule has 0 aliphatic heterocycles. The summed E-state index contributed by atoms with van der Waals surface area (Å²) in [6.45, 7) is 3.39. The number of hydrogen-bond acceptors (Lipinski definition) is 4. The van der Waals surface area contributed by atoms with Crippen LogP contribution in [0.2, 0.25) is 0 Å². The van der Waals surface area contributed by atoms with E-state index in [4.69, 9.17) is 14.2 Å². The molecule has 1 aromatic carbocycles. The lowest BCUT2D eigenvalue weighted by Gasteiger charge is -2.12. The van der Waals surface area contributed by atoms with E-state index in [1.807, 2.05) is 0 Å². The predicted octanol–water partition coefficient (Wildman–Crippen LogP) is 2.61. The van der Waals surface area contributed by atoms with Crippen molar-refractivity contribution >= 4 is 5.78 Å². The van der Waals surface area contributed by atoms with Gasteiger partial charge in [-0.05, 0) is 25.5 Å². The van der Waals surface area contributed by atoms with Gasteiger partial charge in [-0.3, -0.25) is 4.79 Å². The van der Waals surface area contributed by atoms with Crippen molar-refractivity contribution in [2.75, 3.05) is 33.5 Å². The maximum Gasteiger partial charge on any atom is 0.194 e. The maximum atomic E-state index is 13.5. The average molecular weight is 302 g/mol. The Bertz CT molecular complexity index is 451. The minimum absolute atomic E-state index is 0.166. The van der Waals surface area contributed by atoms with Crippen LogP contribution in [0.4, 0.5) is 8.78 Å².